The standard InChI is InChI=1S/C36H36O5/c1-35(2)40-31-23-24-33(37-25-27-15-7-3-8-16-27)39-32(34(31)41-35)26-38-36(28-17-9-4-10-18-28,29-19-11-5-12-20-29)30-21-13-6-14-22-30/h3-24,31-34H,25-26H2,1-2H3/t31-,32+,33?,34-/m0/s1. The molecule has 4 aromatic rings. The van der Waals surface area contributed by atoms with E-state index in [1.807, 2.05) is 111 Å². The van der Waals surface area contributed by atoms with E-state index in [1.54, 1.807) is 0 Å². The van der Waals surface area contributed by atoms with Crippen LogP contribution in [0.25, 0.3) is 0 Å². The summed E-state index contributed by atoms with van der Waals surface area (Å²) < 4.78 is 32.6. The van der Waals surface area contributed by atoms with Crippen LogP contribution in [0.2, 0.25) is 0 Å². The van der Waals surface area contributed by atoms with Gasteiger partial charge in [0.1, 0.15) is 23.9 Å². The van der Waals surface area contributed by atoms with Gasteiger partial charge < -0.3 is 23.7 Å². The Labute approximate surface area is 242 Å². The van der Waals surface area contributed by atoms with Crippen molar-refractivity contribution in [1.29, 1.82) is 0 Å². The van der Waals surface area contributed by atoms with Crippen LogP contribution in [0.15, 0.2) is 133 Å². The molecule has 0 bridgehead atoms. The zero-order valence-electron chi connectivity index (χ0n) is 23.5. The number of ether oxygens (including phenoxy) is 5. The van der Waals surface area contributed by atoms with Crippen molar-refractivity contribution in [1.82, 2.24) is 0 Å². The SMILES string of the molecule is CC1(C)O[C@H]2[C@H](C=CC(OCc3ccccc3)O[C@@H]2COC(c2ccccc2)(c2ccccc2)c2ccccc2)O1. The lowest BCUT2D eigenvalue weighted by atomic mass is 9.80. The Morgan fingerprint density at radius 3 is 1.71 bits per heavy atom. The van der Waals surface area contributed by atoms with Gasteiger partial charge in [0.2, 0.25) is 0 Å². The van der Waals surface area contributed by atoms with Gasteiger partial charge in [-0.2, -0.15) is 0 Å². The number of rotatable bonds is 9. The van der Waals surface area contributed by atoms with Gasteiger partial charge in [0.05, 0.1) is 13.2 Å². The van der Waals surface area contributed by atoms with Crippen molar-refractivity contribution in [3.05, 3.63) is 156 Å². The van der Waals surface area contributed by atoms with Gasteiger partial charge in [0, 0.05) is 0 Å². The molecule has 4 aromatic carbocycles. The largest absolute Gasteiger partial charge is 0.358 e. The molecule has 0 spiro atoms. The van der Waals surface area contributed by atoms with Gasteiger partial charge in [0.25, 0.3) is 0 Å². The van der Waals surface area contributed by atoms with E-state index in [0.717, 1.165) is 22.3 Å². The van der Waals surface area contributed by atoms with Gasteiger partial charge in [-0.15, -0.1) is 0 Å². The van der Waals surface area contributed by atoms with Crippen molar-refractivity contribution in [2.75, 3.05) is 6.61 Å². The summed E-state index contributed by atoms with van der Waals surface area (Å²) in [7, 11) is 0. The van der Waals surface area contributed by atoms with E-state index in [0.29, 0.717) is 6.61 Å². The molecule has 0 radical (unpaired) electrons. The topological polar surface area (TPSA) is 46.2 Å². The Bertz CT molecular complexity index is 1310. The highest BCUT2D eigenvalue weighted by atomic mass is 16.8. The van der Waals surface area contributed by atoms with Gasteiger partial charge in [-0.05, 0) is 42.2 Å². The molecule has 210 valence electrons. The lowest BCUT2D eigenvalue weighted by Crippen LogP contribution is -2.44. The predicted octanol–water partition coefficient (Wildman–Crippen LogP) is 7.01. The van der Waals surface area contributed by atoms with Gasteiger partial charge >= 0.3 is 0 Å². The Morgan fingerprint density at radius 1 is 0.659 bits per heavy atom. The number of hydrogen-bond acceptors (Lipinski definition) is 5. The van der Waals surface area contributed by atoms with Gasteiger partial charge in [-0.1, -0.05) is 127 Å². The molecule has 2 aliphatic rings. The predicted molar refractivity (Wildman–Crippen MR) is 158 cm³/mol. The summed E-state index contributed by atoms with van der Waals surface area (Å²) in [5, 5.41) is 0. The minimum atomic E-state index is -0.877. The fourth-order valence-electron chi connectivity index (χ4n) is 5.71. The van der Waals surface area contributed by atoms with Crippen molar-refractivity contribution in [3.8, 4) is 0 Å². The van der Waals surface area contributed by atoms with Crippen LogP contribution in [0.3, 0.4) is 0 Å². The molecule has 2 aliphatic heterocycles. The summed E-state index contributed by atoms with van der Waals surface area (Å²) >= 11 is 0. The fourth-order valence-corrected chi connectivity index (χ4v) is 5.71. The first-order valence-corrected chi connectivity index (χ1v) is 14.2. The van der Waals surface area contributed by atoms with Crippen LogP contribution < -0.4 is 0 Å². The van der Waals surface area contributed by atoms with Gasteiger partial charge in [-0.25, -0.2) is 0 Å². The maximum Gasteiger partial charge on any atom is 0.177 e. The maximum absolute atomic E-state index is 7.13. The van der Waals surface area contributed by atoms with Crippen LogP contribution in [-0.4, -0.2) is 37.0 Å². The summed E-state index contributed by atoms with van der Waals surface area (Å²) in [5.41, 5.74) is 3.29. The second-order valence-electron chi connectivity index (χ2n) is 10.9. The molecule has 2 heterocycles. The Hall–Kier alpha value is -3.58. The molecule has 0 N–H and O–H groups in total. The van der Waals surface area contributed by atoms with Gasteiger partial charge in [0.15, 0.2) is 12.1 Å². The molecular formula is C36H36O5. The summed E-state index contributed by atoms with van der Waals surface area (Å²) in [5.74, 6) is -0.742. The summed E-state index contributed by atoms with van der Waals surface area (Å²) in [6, 6.07) is 41.1. The third kappa shape index (κ3) is 6.05. The maximum atomic E-state index is 7.13. The van der Waals surface area contributed by atoms with Crippen molar-refractivity contribution >= 4 is 0 Å². The van der Waals surface area contributed by atoms with E-state index in [2.05, 4.69) is 36.4 Å². The molecule has 0 aromatic heterocycles. The number of hydrogen-bond donors (Lipinski definition) is 0. The molecule has 0 aliphatic carbocycles. The van der Waals surface area contributed by atoms with Crippen LogP contribution in [0.1, 0.15) is 36.1 Å². The van der Waals surface area contributed by atoms with E-state index in [4.69, 9.17) is 23.7 Å². The second-order valence-corrected chi connectivity index (χ2v) is 10.9. The first kappa shape index (κ1) is 27.6. The van der Waals surface area contributed by atoms with Crippen molar-refractivity contribution in [3.63, 3.8) is 0 Å². The second kappa shape index (κ2) is 12.1. The van der Waals surface area contributed by atoms with E-state index < -0.39 is 23.8 Å². The highest BCUT2D eigenvalue weighted by Crippen LogP contribution is 2.42. The molecule has 1 unspecified atom stereocenters. The number of fused-ring (bicyclic) bond motifs is 1. The highest BCUT2D eigenvalue weighted by Gasteiger charge is 2.48. The zero-order chi connectivity index (χ0) is 28.1. The average molecular weight is 549 g/mol. The summed E-state index contributed by atoms with van der Waals surface area (Å²) in [6.45, 7) is 4.53. The molecular weight excluding hydrogens is 512 g/mol. The fraction of sp³-hybridized carbons (Fsp3) is 0.278. The molecule has 0 amide bonds. The molecule has 1 fully saturated rings. The summed E-state index contributed by atoms with van der Waals surface area (Å²) in [4.78, 5) is 0. The van der Waals surface area contributed by atoms with E-state index in [9.17, 15) is 0 Å². The van der Waals surface area contributed by atoms with Crippen molar-refractivity contribution in [2.45, 2.75) is 56.4 Å². The molecule has 41 heavy (non-hydrogen) atoms. The normalized spacial score (nSPS) is 23.6. The van der Waals surface area contributed by atoms with Crippen LogP contribution in [0.4, 0.5) is 0 Å². The van der Waals surface area contributed by atoms with Gasteiger partial charge in [-0.3, -0.25) is 0 Å². The third-order valence-corrected chi connectivity index (χ3v) is 7.56. The average Bonchev–Trinajstić information content (AvgIpc) is 3.25. The minimum absolute atomic E-state index is 0.242. The molecule has 4 atom stereocenters. The van der Waals surface area contributed by atoms with E-state index in [1.165, 1.54) is 0 Å². The lowest BCUT2D eigenvalue weighted by molar-refractivity contribution is -0.211. The number of benzene rings is 4. The first-order chi connectivity index (χ1) is 20.0. The molecule has 6 rings (SSSR count). The first-order valence-electron chi connectivity index (χ1n) is 14.2. The monoisotopic (exact) mass is 548 g/mol. The van der Waals surface area contributed by atoms with Crippen LogP contribution in [0.5, 0.6) is 0 Å². The molecule has 5 heteroatoms. The molecule has 5 nitrogen and oxygen atoms in total. The van der Waals surface area contributed by atoms with Crippen molar-refractivity contribution in [2.24, 2.45) is 0 Å². The lowest BCUT2D eigenvalue weighted by Gasteiger charge is -2.38. The zero-order valence-corrected chi connectivity index (χ0v) is 23.5. The van der Waals surface area contributed by atoms with Crippen LogP contribution in [0, 0.1) is 0 Å². The van der Waals surface area contributed by atoms with Crippen LogP contribution in [-0.2, 0) is 35.9 Å². The van der Waals surface area contributed by atoms with Crippen LogP contribution >= 0.6 is 0 Å². The Kier molecular flexibility index (Phi) is 8.15. The quantitative estimate of drug-likeness (QED) is 0.166. The van der Waals surface area contributed by atoms with Crippen molar-refractivity contribution < 1.29 is 23.7 Å². The molecule has 0 saturated carbocycles. The van der Waals surface area contributed by atoms with E-state index in [-0.39, 0.29) is 18.8 Å². The summed E-state index contributed by atoms with van der Waals surface area (Å²) in [6.07, 6.45) is 2.21. The third-order valence-electron chi connectivity index (χ3n) is 7.56. The Balaban J connectivity index is 1.34. The van der Waals surface area contributed by atoms with E-state index >= 15 is 0 Å². The minimum Gasteiger partial charge on any atom is -0.358 e. The Morgan fingerprint density at radius 2 is 1.17 bits per heavy atom. The highest BCUT2D eigenvalue weighted by molar-refractivity contribution is 5.47. The smallest absolute Gasteiger partial charge is 0.177 e. The molecule has 1 saturated heterocycles.